The Morgan fingerprint density at radius 1 is 0.947 bits per heavy atom. The first-order chi connectivity index (χ1) is 9.05. The number of nitrogens with one attached hydrogen (secondary N) is 1. The van der Waals surface area contributed by atoms with Crippen LogP contribution in [0.1, 0.15) is 16.7 Å². The summed E-state index contributed by atoms with van der Waals surface area (Å²) < 4.78 is 37.1. The zero-order valence-corrected chi connectivity index (χ0v) is 10.1. The van der Waals surface area contributed by atoms with E-state index in [2.05, 4.69) is 10.3 Å². The molecule has 5 heteroatoms. The van der Waals surface area contributed by atoms with Gasteiger partial charge in [-0.1, -0.05) is 18.2 Å². The van der Waals surface area contributed by atoms with Crippen molar-refractivity contribution in [1.82, 2.24) is 10.3 Å². The highest BCUT2D eigenvalue weighted by atomic mass is 19.4. The van der Waals surface area contributed by atoms with Crippen molar-refractivity contribution in [2.24, 2.45) is 0 Å². The van der Waals surface area contributed by atoms with Gasteiger partial charge in [0.05, 0.1) is 5.56 Å². The van der Waals surface area contributed by atoms with Crippen molar-refractivity contribution >= 4 is 0 Å². The summed E-state index contributed by atoms with van der Waals surface area (Å²) in [6.07, 6.45) is -0.833. The zero-order valence-electron chi connectivity index (χ0n) is 10.1. The second-order valence-electron chi connectivity index (χ2n) is 4.16. The number of halogens is 3. The van der Waals surface area contributed by atoms with E-state index in [1.165, 1.54) is 12.1 Å². The van der Waals surface area contributed by atoms with E-state index in [9.17, 15) is 13.2 Å². The Kier molecular flexibility index (Phi) is 4.16. The molecule has 2 rings (SSSR count). The lowest BCUT2D eigenvalue weighted by molar-refractivity contribution is -0.137. The van der Waals surface area contributed by atoms with Gasteiger partial charge in [-0.05, 0) is 29.3 Å². The van der Waals surface area contributed by atoms with Crippen LogP contribution in [0.2, 0.25) is 0 Å². The minimum Gasteiger partial charge on any atom is -0.309 e. The van der Waals surface area contributed by atoms with Crippen molar-refractivity contribution in [2.75, 3.05) is 0 Å². The smallest absolute Gasteiger partial charge is 0.309 e. The third-order valence-corrected chi connectivity index (χ3v) is 2.66. The van der Waals surface area contributed by atoms with Gasteiger partial charge in [0.15, 0.2) is 0 Å². The molecule has 0 saturated carbocycles. The number of nitrogens with zero attached hydrogens (tertiary/aromatic N) is 1. The number of pyridine rings is 1. The van der Waals surface area contributed by atoms with Crippen LogP contribution >= 0.6 is 0 Å². The standard InChI is InChI=1S/C14H13F3N2/c15-14(16,17)13-5-3-11(4-6-13)8-19-10-12-2-1-7-18-9-12/h1-7,9,19H,8,10H2. The lowest BCUT2D eigenvalue weighted by Gasteiger charge is -2.08. The van der Waals surface area contributed by atoms with Crippen LogP contribution in [0.15, 0.2) is 48.8 Å². The average molecular weight is 266 g/mol. The molecule has 1 aromatic heterocycles. The third-order valence-electron chi connectivity index (χ3n) is 2.66. The summed E-state index contributed by atoms with van der Waals surface area (Å²) in [6.45, 7) is 1.15. The van der Waals surface area contributed by atoms with Crippen molar-refractivity contribution < 1.29 is 13.2 Å². The molecule has 1 aromatic carbocycles. The fourth-order valence-corrected chi connectivity index (χ4v) is 1.67. The highest BCUT2D eigenvalue weighted by molar-refractivity contribution is 5.24. The second-order valence-corrected chi connectivity index (χ2v) is 4.16. The fraction of sp³-hybridized carbons (Fsp3) is 0.214. The summed E-state index contributed by atoms with van der Waals surface area (Å²) in [7, 11) is 0. The van der Waals surface area contributed by atoms with Gasteiger partial charge >= 0.3 is 6.18 Å². The van der Waals surface area contributed by atoms with E-state index in [-0.39, 0.29) is 0 Å². The first kappa shape index (κ1) is 13.5. The minimum atomic E-state index is -4.28. The Bertz CT molecular complexity index is 506. The number of hydrogen-bond acceptors (Lipinski definition) is 2. The molecule has 1 heterocycles. The molecule has 0 spiro atoms. The van der Waals surface area contributed by atoms with E-state index in [0.717, 1.165) is 23.3 Å². The maximum Gasteiger partial charge on any atom is 0.416 e. The largest absolute Gasteiger partial charge is 0.416 e. The third kappa shape index (κ3) is 4.06. The molecule has 100 valence electrons. The Morgan fingerprint density at radius 2 is 1.63 bits per heavy atom. The van der Waals surface area contributed by atoms with Crippen molar-refractivity contribution in [3.8, 4) is 0 Å². The van der Waals surface area contributed by atoms with Gasteiger partial charge in [-0.25, -0.2) is 0 Å². The maximum absolute atomic E-state index is 12.4. The van der Waals surface area contributed by atoms with Crippen LogP contribution in [0.25, 0.3) is 0 Å². The first-order valence-corrected chi connectivity index (χ1v) is 5.81. The van der Waals surface area contributed by atoms with Crippen molar-refractivity contribution in [3.63, 3.8) is 0 Å². The van der Waals surface area contributed by atoms with E-state index in [1.807, 2.05) is 12.1 Å². The molecule has 0 atom stereocenters. The molecular formula is C14H13F3N2. The lowest BCUT2D eigenvalue weighted by Crippen LogP contribution is -2.13. The molecule has 1 N–H and O–H groups in total. The van der Waals surface area contributed by atoms with Gasteiger partial charge in [-0.2, -0.15) is 13.2 Å². The highest BCUT2D eigenvalue weighted by Crippen LogP contribution is 2.28. The molecule has 0 amide bonds. The molecular weight excluding hydrogens is 253 g/mol. The molecule has 2 aromatic rings. The van der Waals surface area contributed by atoms with E-state index in [0.29, 0.717) is 13.1 Å². The topological polar surface area (TPSA) is 24.9 Å². The van der Waals surface area contributed by atoms with Gasteiger partial charge in [-0.3, -0.25) is 4.98 Å². The van der Waals surface area contributed by atoms with Crippen LogP contribution in [0.5, 0.6) is 0 Å². The van der Waals surface area contributed by atoms with Crippen LogP contribution in [0.4, 0.5) is 13.2 Å². The van der Waals surface area contributed by atoms with Crippen molar-refractivity contribution in [2.45, 2.75) is 19.3 Å². The summed E-state index contributed by atoms with van der Waals surface area (Å²) in [6, 6.07) is 8.95. The van der Waals surface area contributed by atoms with Gasteiger partial charge in [-0.15, -0.1) is 0 Å². The molecule has 0 aliphatic carbocycles. The normalized spacial score (nSPS) is 11.5. The SMILES string of the molecule is FC(F)(F)c1ccc(CNCc2cccnc2)cc1. The monoisotopic (exact) mass is 266 g/mol. The summed E-state index contributed by atoms with van der Waals surface area (Å²) >= 11 is 0. The Balaban J connectivity index is 1.87. The second kappa shape index (κ2) is 5.84. The molecule has 0 bridgehead atoms. The summed E-state index contributed by atoms with van der Waals surface area (Å²) in [4.78, 5) is 3.98. The van der Waals surface area contributed by atoms with Gasteiger partial charge < -0.3 is 5.32 Å². The predicted molar refractivity (Wildman–Crippen MR) is 66.2 cm³/mol. The number of aromatic nitrogens is 1. The fourth-order valence-electron chi connectivity index (χ4n) is 1.67. The van der Waals surface area contributed by atoms with Crippen molar-refractivity contribution in [3.05, 3.63) is 65.5 Å². The zero-order chi connectivity index (χ0) is 13.7. The lowest BCUT2D eigenvalue weighted by atomic mass is 10.1. The molecule has 0 aliphatic heterocycles. The number of hydrogen-bond donors (Lipinski definition) is 1. The minimum absolute atomic E-state index is 0.521. The van der Waals surface area contributed by atoms with Crippen LogP contribution in [0.3, 0.4) is 0 Å². The van der Waals surface area contributed by atoms with E-state index in [4.69, 9.17) is 0 Å². The number of alkyl halides is 3. The van der Waals surface area contributed by atoms with Gasteiger partial charge in [0.2, 0.25) is 0 Å². The predicted octanol–water partition coefficient (Wildman–Crippen LogP) is 3.39. The molecule has 0 saturated heterocycles. The summed E-state index contributed by atoms with van der Waals surface area (Å²) in [5.74, 6) is 0. The van der Waals surface area contributed by atoms with Crippen LogP contribution in [-0.4, -0.2) is 4.98 Å². The van der Waals surface area contributed by atoms with Crippen LogP contribution in [-0.2, 0) is 19.3 Å². The molecule has 19 heavy (non-hydrogen) atoms. The van der Waals surface area contributed by atoms with Gasteiger partial charge in [0.1, 0.15) is 0 Å². The van der Waals surface area contributed by atoms with E-state index in [1.54, 1.807) is 12.4 Å². The molecule has 2 nitrogen and oxygen atoms in total. The molecule has 0 unspecified atom stereocenters. The van der Waals surface area contributed by atoms with Gasteiger partial charge in [0.25, 0.3) is 0 Å². The molecule has 0 aliphatic rings. The first-order valence-electron chi connectivity index (χ1n) is 5.81. The summed E-state index contributed by atoms with van der Waals surface area (Å²) in [5, 5.41) is 3.15. The van der Waals surface area contributed by atoms with E-state index < -0.39 is 11.7 Å². The molecule has 0 fully saturated rings. The van der Waals surface area contributed by atoms with E-state index >= 15 is 0 Å². The number of rotatable bonds is 4. The molecule has 0 radical (unpaired) electrons. The van der Waals surface area contributed by atoms with Crippen LogP contribution in [0, 0.1) is 0 Å². The average Bonchev–Trinajstić information content (AvgIpc) is 2.39. The quantitative estimate of drug-likeness (QED) is 0.917. The number of benzene rings is 1. The van der Waals surface area contributed by atoms with Crippen LogP contribution < -0.4 is 5.32 Å². The highest BCUT2D eigenvalue weighted by Gasteiger charge is 2.29. The maximum atomic E-state index is 12.4. The summed E-state index contributed by atoms with van der Waals surface area (Å²) in [5.41, 5.74) is 1.23. The Morgan fingerprint density at radius 3 is 2.21 bits per heavy atom. The van der Waals surface area contributed by atoms with Crippen molar-refractivity contribution in [1.29, 1.82) is 0 Å². The Labute approximate surface area is 109 Å². The Hall–Kier alpha value is -1.88. The van der Waals surface area contributed by atoms with Gasteiger partial charge in [0, 0.05) is 25.5 Å².